The van der Waals surface area contributed by atoms with Gasteiger partial charge in [0, 0.05) is 43.0 Å². The van der Waals surface area contributed by atoms with Gasteiger partial charge in [-0.3, -0.25) is 9.48 Å². The van der Waals surface area contributed by atoms with Gasteiger partial charge in [0.15, 0.2) is 5.69 Å². The highest BCUT2D eigenvalue weighted by Gasteiger charge is 2.22. The smallest absolute Gasteiger partial charge is 0.273 e. The summed E-state index contributed by atoms with van der Waals surface area (Å²) in [5.74, 6) is 0.909. The second-order valence-corrected chi connectivity index (χ2v) is 8.94. The molecule has 1 aromatic carbocycles. The van der Waals surface area contributed by atoms with Gasteiger partial charge in [-0.15, -0.1) is 0 Å². The molecule has 3 aromatic heterocycles. The molecular formula is C24H27N7O2. The SMILES string of the molecule is Cc1cc(-c2ccnc(Nc3cnn(C)c3)n2)ccc1CNC(=O)c1cc(C(C)(C)C)on1. The molecule has 3 heterocycles. The third kappa shape index (κ3) is 5.25. The quantitative estimate of drug-likeness (QED) is 0.459. The van der Waals surface area contributed by atoms with Crippen LogP contribution in [0.1, 0.15) is 48.1 Å². The van der Waals surface area contributed by atoms with Crippen LogP contribution >= 0.6 is 0 Å². The Hall–Kier alpha value is -4.01. The van der Waals surface area contributed by atoms with Crippen LogP contribution in [0.4, 0.5) is 11.6 Å². The lowest BCUT2D eigenvalue weighted by Crippen LogP contribution is -2.23. The highest BCUT2D eigenvalue weighted by Crippen LogP contribution is 2.24. The maximum absolute atomic E-state index is 12.5. The Kier molecular flexibility index (Phi) is 5.95. The van der Waals surface area contributed by atoms with Crippen molar-refractivity contribution in [2.75, 3.05) is 5.32 Å². The fourth-order valence-electron chi connectivity index (χ4n) is 3.25. The molecule has 9 nitrogen and oxygen atoms in total. The molecular weight excluding hydrogens is 418 g/mol. The molecule has 4 aromatic rings. The van der Waals surface area contributed by atoms with Crippen molar-refractivity contribution in [3.8, 4) is 11.3 Å². The van der Waals surface area contributed by atoms with Gasteiger partial charge < -0.3 is 15.2 Å². The van der Waals surface area contributed by atoms with Gasteiger partial charge >= 0.3 is 0 Å². The van der Waals surface area contributed by atoms with E-state index in [0.717, 1.165) is 28.1 Å². The standard InChI is InChI=1S/C24H27N7O2/c1-15-10-16(19-8-9-25-23(29-19)28-18-13-27-31(5)14-18)6-7-17(15)12-26-22(32)20-11-21(33-30-20)24(2,3)4/h6-11,13-14H,12H2,1-5H3,(H,26,32)(H,25,28,29). The molecule has 0 aliphatic rings. The highest BCUT2D eigenvalue weighted by atomic mass is 16.5. The van der Waals surface area contributed by atoms with Crippen molar-refractivity contribution in [2.24, 2.45) is 7.05 Å². The predicted octanol–water partition coefficient (Wildman–Crippen LogP) is 4.14. The first kappa shape index (κ1) is 22.2. The molecule has 0 bridgehead atoms. The Labute approximate surface area is 192 Å². The Morgan fingerprint density at radius 3 is 2.67 bits per heavy atom. The van der Waals surface area contributed by atoms with E-state index in [2.05, 4.69) is 30.9 Å². The molecule has 0 atom stereocenters. The van der Waals surface area contributed by atoms with Gasteiger partial charge in [0.1, 0.15) is 5.76 Å². The normalized spacial score (nSPS) is 11.4. The number of aryl methyl sites for hydroxylation is 2. The van der Waals surface area contributed by atoms with Gasteiger partial charge in [0.05, 0.1) is 17.6 Å². The fraction of sp³-hybridized carbons (Fsp3) is 0.292. The number of nitrogens with one attached hydrogen (secondary N) is 2. The summed E-state index contributed by atoms with van der Waals surface area (Å²) in [6, 6.07) is 9.58. The molecule has 1 amide bonds. The first-order chi connectivity index (χ1) is 15.7. The Morgan fingerprint density at radius 2 is 2.00 bits per heavy atom. The molecule has 0 aliphatic carbocycles. The third-order valence-corrected chi connectivity index (χ3v) is 5.18. The van der Waals surface area contributed by atoms with Crippen molar-refractivity contribution in [2.45, 2.75) is 39.7 Å². The summed E-state index contributed by atoms with van der Waals surface area (Å²) in [6.07, 6.45) is 5.28. The minimum Gasteiger partial charge on any atom is -0.360 e. The van der Waals surface area contributed by atoms with Crippen LogP contribution in [0.3, 0.4) is 0 Å². The van der Waals surface area contributed by atoms with Crippen molar-refractivity contribution in [1.82, 2.24) is 30.2 Å². The van der Waals surface area contributed by atoms with E-state index >= 15 is 0 Å². The number of hydrogen-bond acceptors (Lipinski definition) is 7. The number of aromatic nitrogens is 5. The number of benzene rings is 1. The van der Waals surface area contributed by atoms with E-state index in [1.807, 2.05) is 65.2 Å². The van der Waals surface area contributed by atoms with Crippen LogP contribution in [0.5, 0.6) is 0 Å². The molecule has 2 N–H and O–H groups in total. The molecule has 0 saturated carbocycles. The molecule has 0 fully saturated rings. The molecule has 0 aliphatic heterocycles. The van der Waals surface area contributed by atoms with Crippen LogP contribution < -0.4 is 10.6 Å². The summed E-state index contributed by atoms with van der Waals surface area (Å²) in [7, 11) is 1.85. The average molecular weight is 446 g/mol. The van der Waals surface area contributed by atoms with Gasteiger partial charge in [-0.1, -0.05) is 38.1 Å². The van der Waals surface area contributed by atoms with Gasteiger partial charge in [0.25, 0.3) is 5.91 Å². The second-order valence-electron chi connectivity index (χ2n) is 8.94. The molecule has 0 radical (unpaired) electrons. The number of carbonyl (C=O) groups excluding carboxylic acids is 1. The molecule has 170 valence electrons. The lowest BCUT2D eigenvalue weighted by atomic mass is 9.93. The zero-order chi connectivity index (χ0) is 23.6. The van der Waals surface area contributed by atoms with E-state index in [1.54, 1.807) is 23.1 Å². The van der Waals surface area contributed by atoms with Crippen LogP contribution in [-0.2, 0) is 19.0 Å². The van der Waals surface area contributed by atoms with Crippen molar-refractivity contribution in [3.63, 3.8) is 0 Å². The number of amides is 1. The Morgan fingerprint density at radius 1 is 1.18 bits per heavy atom. The molecule has 33 heavy (non-hydrogen) atoms. The largest absolute Gasteiger partial charge is 0.360 e. The van der Waals surface area contributed by atoms with E-state index in [9.17, 15) is 4.79 Å². The molecule has 9 heteroatoms. The number of rotatable bonds is 6. The third-order valence-electron chi connectivity index (χ3n) is 5.18. The highest BCUT2D eigenvalue weighted by molar-refractivity contribution is 5.92. The fourth-order valence-corrected chi connectivity index (χ4v) is 3.25. The lowest BCUT2D eigenvalue weighted by molar-refractivity contribution is 0.0941. The minimum atomic E-state index is -0.264. The number of anilines is 2. The zero-order valence-corrected chi connectivity index (χ0v) is 19.4. The zero-order valence-electron chi connectivity index (χ0n) is 19.4. The summed E-state index contributed by atoms with van der Waals surface area (Å²) in [6.45, 7) is 8.43. The first-order valence-electron chi connectivity index (χ1n) is 10.6. The van der Waals surface area contributed by atoms with E-state index in [0.29, 0.717) is 18.3 Å². The van der Waals surface area contributed by atoms with Crippen molar-refractivity contribution >= 4 is 17.5 Å². The van der Waals surface area contributed by atoms with Crippen molar-refractivity contribution in [3.05, 3.63) is 71.5 Å². The topological polar surface area (TPSA) is 111 Å². The van der Waals surface area contributed by atoms with Gasteiger partial charge in [-0.05, 0) is 30.2 Å². The summed E-state index contributed by atoms with van der Waals surface area (Å²) in [4.78, 5) is 21.4. The number of carbonyl (C=O) groups is 1. The van der Waals surface area contributed by atoms with Crippen LogP contribution in [0, 0.1) is 6.92 Å². The Balaban J connectivity index is 1.43. The van der Waals surface area contributed by atoms with Crippen LogP contribution in [0.2, 0.25) is 0 Å². The van der Waals surface area contributed by atoms with Crippen molar-refractivity contribution < 1.29 is 9.32 Å². The van der Waals surface area contributed by atoms with E-state index in [1.165, 1.54) is 0 Å². The summed E-state index contributed by atoms with van der Waals surface area (Å²) >= 11 is 0. The minimum absolute atomic E-state index is 0.202. The predicted molar refractivity (Wildman–Crippen MR) is 125 cm³/mol. The first-order valence-corrected chi connectivity index (χ1v) is 10.6. The van der Waals surface area contributed by atoms with Gasteiger partial charge in [-0.2, -0.15) is 5.10 Å². The maximum Gasteiger partial charge on any atom is 0.273 e. The second kappa shape index (κ2) is 8.85. The number of hydrogen-bond donors (Lipinski definition) is 2. The van der Waals surface area contributed by atoms with Gasteiger partial charge in [-0.25, -0.2) is 9.97 Å². The molecule has 0 saturated heterocycles. The average Bonchev–Trinajstić information content (AvgIpc) is 3.42. The van der Waals surface area contributed by atoms with E-state index in [4.69, 9.17) is 4.52 Å². The van der Waals surface area contributed by atoms with Crippen molar-refractivity contribution in [1.29, 1.82) is 0 Å². The van der Waals surface area contributed by atoms with Gasteiger partial charge in [0.2, 0.25) is 5.95 Å². The summed E-state index contributed by atoms with van der Waals surface area (Å²) < 4.78 is 7.01. The van der Waals surface area contributed by atoms with E-state index < -0.39 is 0 Å². The molecule has 4 rings (SSSR count). The lowest BCUT2D eigenvalue weighted by Gasteiger charge is -2.12. The number of nitrogens with zero attached hydrogens (tertiary/aromatic N) is 5. The summed E-state index contributed by atoms with van der Waals surface area (Å²) in [5.41, 5.74) is 4.71. The van der Waals surface area contributed by atoms with E-state index in [-0.39, 0.29) is 17.0 Å². The summed E-state index contributed by atoms with van der Waals surface area (Å²) in [5, 5.41) is 14.1. The Bertz CT molecular complexity index is 1280. The van der Waals surface area contributed by atoms with Crippen LogP contribution in [0.15, 0.2) is 53.4 Å². The monoisotopic (exact) mass is 445 g/mol. The molecule has 0 unspecified atom stereocenters. The van der Waals surface area contributed by atoms with Crippen LogP contribution in [0.25, 0.3) is 11.3 Å². The van der Waals surface area contributed by atoms with Crippen LogP contribution in [-0.4, -0.2) is 30.8 Å². The molecule has 0 spiro atoms. The maximum atomic E-state index is 12.5.